The molecule has 0 atom stereocenters. The summed E-state index contributed by atoms with van der Waals surface area (Å²) in [7, 11) is 0. The Morgan fingerprint density at radius 3 is 2.29 bits per heavy atom. The third-order valence-corrected chi connectivity index (χ3v) is 2.12. The molecule has 0 saturated heterocycles. The Kier molecular flexibility index (Phi) is 2.84. The van der Waals surface area contributed by atoms with Gasteiger partial charge >= 0.3 is 6.18 Å². The predicted molar refractivity (Wildman–Crippen MR) is 52.6 cm³/mol. The number of benzene rings is 1. The normalized spacial score (nSPS) is 11.8. The van der Waals surface area contributed by atoms with E-state index in [1.165, 1.54) is 0 Å². The lowest BCUT2D eigenvalue weighted by molar-refractivity contribution is -0.146. The number of rotatable bonds is 2. The molecule has 4 nitrogen and oxygen atoms in total. The zero-order valence-electron chi connectivity index (χ0n) is 8.53. The van der Waals surface area contributed by atoms with Gasteiger partial charge in [-0.25, -0.2) is 0 Å². The Hall–Kier alpha value is -1.89. The molecule has 0 aliphatic carbocycles. The minimum Gasteiger partial charge on any atom is -0.334 e. The second-order valence-electron chi connectivity index (χ2n) is 3.32. The molecule has 0 aliphatic heterocycles. The topological polar surface area (TPSA) is 64.9 Å². The van der Waals surface area contributed by atoms with Crippen LogP contribution in [0.2, 0.25) is 0 Å². The van der Waals surface area contributed by atoms with Gasteiger partial charge in [-0.1, -0.05) is 17.3 Å². The van der Waals surface area contributed by atoms with E-state index in [2.05, 4.69) is 14.7 Å². The summed E-state index contributed by atoms with van der Waals surface area (Å²) in [4.78, 5) is 3.27. The van der Waals surface area contributed by atoms with Crippen molar-refractivity contribution in [2.45, 2.75) is 12.7 Å². The van der Waals surface area contributed by atoms with Gasteiger partial charge in [-0.3, -0.25) is 0 Å². The molecule has 0 unspecified atom stereocenters. The molecule has 2 N–H and O–H groups in total. The van der Waals surface area contributed by atoms with Gasteiger partial charge < -0.3 is 10.3 Å². The molecule has 1 aromatic carbocycles. The van der Waals surface area contributed by atoms with Crippen LogP contribution in [0.5, 0.6) is 0 Å². The van der Waals surface area contributed by atoms with E-state index in [1.807, 2.05) is 0 Å². The van der Waals surface area contributed by atoms with Gasteiger partial charge in [0.1, 0.15) is 0 Å². The van der Waals surface area contributed by atoms with Gasteiger partial charge in [-0.15, -0.1) is 0 Å². The first-order chi connectivity index (χ1) is 8.00. The van der Waals surface area contributed by atoms with Crippen LogP contribution < -0.4 is 5.73 Å². The summed E-state index contributed by atoms with van der Waals surface area (Å²) in [6.07, 6.45) is -4.60. The van der Waals surface area contributed by atoms with Crippen LogP contribution in [0.4, 0.5) is 13.2 Å². The first-order valence-corrected chi connectivity index (χ1v) is 4.71. The van der Waals surface area contributed by atoms with Gasteiger partial charge in [0.15, 0.2) is 0 Å². The molecule has 2 aromatic rings. The molecule has 0 radical (unpaired) electrons. The van der Waals surface area contributed by atoms with Crippen LogP contribution in [-0.4, -0.2) is 10.1 Å². The van der Waals surface area contributed by atoms with E-state index >= 15 is 0 Å². The van der Waals surface area contributed by atoms with E-state index in [-0.39, 0.29) is 5.89 Å². The number of hydrogen-bond acceptors (Lipinski definition) is 4. The molecule has 0 fully saturated rings. The summed E-state index contributed by atoms with van der Waals surface area (Å²) in [6, 6.07) is 6.53. The van der Waals surface area contributed by atoms with Crippen molar-refractivity contribution < 1.29 is 17.7 Å². The molecule has 1 aromatic heterocycles. The lowest BCUT2D eigenvalue weighted by Gasteiger charge is -1.98. The van der Waals surface area contributed by atoms with Gasteiger partial charge in [0.05, 0.1) is 0 Å². The first kappa shape index (κ1) is 11.6. The van der Waals surface area contributed by atoms with Crippen LogP contribution in [0.1, 0.15) is 11.4 Å². The number of halogens is 3. The SMILES string of the molecule is NCc1ccc(-c2nc(C(F)(F)F)no2)cc1. The zero-order chi connectivity index (χ0) is 12.5. The Balaban J connectivity index is 2.30. The van der Waals surface area contributed by atoms with Gasteiger partial charge in [0.25, 0.3) is 11.7 Å². The lowest BCUT2D eigenvalue weighted by atomic mass is 10.1. The van der Waals surface area contributed by atoms with E-state index < -0.39 is 12.0 Å². The molecule has 0 bridgehead atoms. The van der Waals surface area contributed by atoms with Crippen molar-refractivity contribution in [3.63, 3.8) is 0 Å². The Bertz CT molecular complexity index is 504. The summed E-state index contributed by atoms with van der Waals surface area (Å²) in [6.45, 7) is 0.359. The minimum atomic E-state index is -4.60. The quantitative estimate of drug-likeness (QED) is 0.878. The fourth-order valence-corrected chi connectivity index (χ4v) is 1.24. The molecular formula is C10H8F3N3O. The van der Waals surface area contributed by atoms with E-state index in [0.717, 1.165) is 5.56 Å². The molecule has 7 heteroatoms. The summed E-state index contributed by atoms with van der Waals surface area (Å²) in [5, 5.41) is 2.87. The van der Waals surface area contributed by atoms with Crippen molar-refractivity contribution >= 4 is 0 Å². The monoisotopic (exact) mass is 243 g/mol. The van der Waals surface area contributed by atoms with E-state index in [0.29, 0.717) is 12.1 Å². The summed E-state index contributed by atoms with van der Waals surface area (Å²) in [5.74, 6) is -1.45. The van der Waals surface area contributed by atoms with Gasteiger partial charge in [0, 0.05) is 12.1 Å². The van der Waals surface area contributed by atoms with Gasteiger partial charge in [-0.05, 0) is 17.7 Å². The number of nitrogens with zero attached hydrogens (tertiary/aromatic N) is 2. The maximum absolute atomic E-state index is 12.2. The number of hydrogen-bond donors (Lipinski definition) is 1. The van der Waals surface area contributed by atoms with E-state index in [9.17, 15) is 13.2 Å². The highest BCUT2D eigenvalue weighted by Crippen LogP contribution is 2.28. The second kappa shape index (κ2) is 4.17. The van der Waals surface area contributed by atoms with Crippen LogP contribution in [0.25, 0.3) is 11.5 Å². The van der Waals surface area contributed by atoms with Crippen molar-refractivity contribution in [2.24, 2.45) is 5.73 Å². The fraction of sp³-hybridized carbons (Fsp3) is 0.200. The highest BCUT2D eigenvalue weighted by Gasteiger charge is 2.37. The zero-order valence-corrected chi connectivity index (χ0v) is 8.53. The lowest BCUT2D eigenvalue weighted by Crippen LogP contribution is -2.07. The molecule has 0 spiro atoms. The van der Waals surface area contributed by atoms with E-state index in [1.54, 1.807) is 24.3 Å². The third-order valence-electron chi connectivity index (χ3n) is 2.12. The van der Waals surface area contributed by atoms with Gasteiger partial charge in [-0.2, -0.15) is 18.2 Å². The maximum Gasteiger partial charge on any atom is 0.455 e. The Morgan fingerprint density at radius 2 is 1.82 bits per heavy atom. The maximum atomic E-state index is 12.2. The third kappa shape index (κ3) is 2.44. The highest BCUT2D eigenvalue weighted by molar-refractivity contribution is 5.53. The second-order valence-corrected chi connectivity index (χ2v) is 3.32. The molecular weight excluding hydrogens is 235 g/mol. The molecule has 0 aliphatic rings. The Morgan fingerprint density at radius 1 is 1.18 bits per heavy atom. The fourth-order valence-electron chi connectivity index (χ4n) is 1.24. The summed E-state index contributed by atoms with van der Waals surface area (Å²) in [5.41, 5.74) is 6.69. The van der Waals surface area contributed by atoms with Crippen molar-refractivity contribution in [1.82, 2.24) is 10.1 Å². The molecule has 1 heterocycles. The summed E-state index contributed by atoms with van der Waals surface area (Å²) < 4.78 is 41.2. The van der Waals surface area contributed by atoms with Crippen molar-refractivity contribution in [2.75, 3.05) is 0 Å². The minimum absolute atomic E-state index is 0.166. The van der Waals surface area contributed by atoms with Crippen molar-refractivity contribution in [1.29, 1.82) is 0 Å². The predicted octanol–water partition coefficient (Wildman–Crippen LogP) is 2.21. The number of aromatic nitrogens is 2. The summed E-state index contributed by atoms with van der Waals surface area (Å²) >= 11 is 0. The molecule has 0 amide bonds. The van der Waals surface area contributed by atoms with Crippen LogP contribution >= 0.6 is 0 Å². The number of nitrogens with two attached hydrogens (primary N) is 1. The number of alkyl halides is 3. The van der Waals surface area contributed by atoms with Crippen molar-refractivity contribution in [3.8, 4) is 11.5 Å². The van der Waals surface area contributed by atoms with Crippen LogP contribution in [0.3, 0.4) is 0 Å². The smallest absolute Gasteiger partial charge is 0.334 e. The molecule has 90 valence electrons. The van der Waals surface area contributed by atoms with Crippen LogP contribution in [-0.2, 0) is 12.7 Å². The molecule has 17 heavy (non-hydrogen) atoms. The molecule has 2 rings (SSSR count). The highest BCUT2D eigenvalue weighted by atomic mass is 19.4. The standard InChI is InChI=1S/C10H8F3N3O/c11-10(12,13)9-15-8(17-16-9)7-3-1-6(5-14)2-4-7/h1-4H,5,14H2. The van der Waals surface area contributed by atoms with Crippen LogP contribution in [0, 0.1) is 0 Å². The van der Waals surface area contributed by atoms with Gasteiger partial charge in [0.2, 0.25) is 0 Å². The molecule has 0 saturated carbocycles. The van der Waals surface area contributed by atoms with E-state index in [4.69, 9.17) is 5.73 Å². The average Bonchev–Trinajstić information content (AvgIpc) is 2.78. The first-order valence-electron chi connectivity index (χ1n) is 4.71. The average molecular weight is 243 g/mol. The Labute approximate surface area is 94.2 Å². The van der Waals surface area contributed by atoms with Crippen LogP contribution in [0.15, 0.2) is 28.8 Å². The van der Waals surface area contributed by atoms with Crippen molar-refractivity contribution in [3.05, 3.63) is 35.7 Å². The largest absolute Gasteiger partial charge is 0.455 e.